The van der Waals surface area contributed by atoms with Gasteiger partial charge in [-0.05, 0) is 36.8 Å². The van der Waals surface area contributed by atoms with E-state index in [0.717, 1.165) is 23.8 Å². The molecule has 2 heterocycles. The molecular formula is C26H20F2N4O3. The molecule has 0 spiro atoms. The highest BCUT2D eigenvalue weighted by Gasteiger charge is 2.36. The highest BCUT2D eigenvalue weighted by Crippen LogP contribution is 2.39. The van der Waals surface area contributed by atoms with Crippen molar-refractivity contribution in [1.82, 2.24) is 15.5 Å². The number of hydrogen-bond acceptors (Lipinski definition) is 5. The molecule has 1 aliphatic heterocycles. The van der Waals surface area contributed by atoms with Gasteiger partial charge in [-0.1, -0.05) is 47.6 Å². The van der Waals surface area contributed by atoms with Crippen molar-refractivity contribution >= 4 is 17.3 Å². The molecule has 1 aromatic heterocycles. The lowest BCUT2D eigenvalue weighted by Gasteiger charge is -2.35. The predicted molar refractivity (Wildman–Crippen MR) is 125 cm³/mol. The third-order valence-electron chi connectivity index (χ3n) is 5.71. The Morgan fingerprint density at radius 3 is 2.46 bits per heavy atom. The fraction of sp³-hybridized carbons (Fsp3) is 0.115. The van der Waals surface area contributed by atoms with Crippen molar-refractivity contribution < 1.29 is 22.8 Å². The van der Waals surface area contributed by atoms with E-state index < -0.39 is 23.7 Å². The van der Waals surface area contributed by atoms with Gasteiger partial charge in [-0.15, -0.1) is 0 Å². The van der Waals surface area contributed by atoms with Gasteiger partial charge in [-0.25, -0.2) is 13.6 Å². The van der Waals surface area contributed by atoms with E-state index in [1.807, 2.05) is 42.5 Å². The maximum Gasteiger partial charge on any atom is 0.327 e. The third-order valence-corrected chi connectivity index (χ3v) is 5.71. The van der Waals surface area contributed by atoms with Crippen molar-refractivity contribution in [3.05, 3.63) is 102 Å². The Balaban J connectivity index is 1.66. The van der Waals surface area contributed by atoms with Crippen LogP contribution in [0.15, 0.2) is 83.0 Å². The number of rotatable bonds is 5. The maximum atomic E-state index is 14.0. The summed E-state index contributed by atoms with van der Waals surface area (Å²) in [5, 5.41) is 7.02. The van der Waals surface area contributed by atoms with Gasteiger partial charge in [0.25, 0.3) is 5.89 Å². The van der Waals surface area contributed by atoms with E-state index in [2.05, 4.69) is 15.5 Å². The predicted octanol–water partition coefficient (Wildman–Crippen LogP) is 5.73. The summed E-state index contributed by atoms with van der Waals surface area (Å²) in [5.41, 5.74) is 2.39. The molecule has 176 valence electrons. The number of ether oxygens (including phenoxy) is 1. The minimum Gasteiger partial charge on any atom is -0.497 e. The van der Waals surface area contributed by atoms with E-state index in [1.54, 1.807) is 26.2 Å². The molecule has 0 bridgehead atoms. The van der Waals surface area contributed by atoms with Gasteiger partial charge < -0.3 is 14.6 Å². The average Bonchev–Trinajstić information content (AvgIpc) is 3.33. The Bertz CT molecular complexity index is 1420. The topological polar surface area (TPSA) is 80.5 Å². The van der Waals surface area contributed by atoms with E-state index in [-0.39, 0.29) is 11.6 Å². The number of hydrogen-bond donors (Lipinski definition) is 1. The standard InChI is InChI=1S/C26H20F2N4O3/c1-15-22(25-30-24(31-35-25)17-9-6-10-21(11-17)34-2)23(16-7-4-3-5-8-16)29-26(33)32(15)20-13-18(27)12-19(28)14-20/h3-14,23H,1-2H3,(H,29,33). The number of halogens is 2. The van der Waals surface area contributed by atoms with E-state index in [1.165, 1.54) is 4.90 Å². The van der Waals surface area contributed by atoms with Crippen LogP contribution < -0.4 is 15.0 Å². The minimum absolute atomic E-state index is 0.0362. The fourth-order valence-corrected chi connectivity index (χ4v) is 4.11. The average molecular weight is 474 g/mol. The second kappa shape index (κ2) is 9.02. The summed E-state index contributed by atoms with van der Waals surface area (Å²) >= 11 is 0. The summed E-state index contributed by atoms with van der Waals surface area (Å²) in [6, 6.07) is 18.2. The monoisotopic (exact) mass is 474 g/mol. The van der Waals surface area contributed by atoms with Crippen LogP contribution in [0.25, 0.3) is 17.0 Å². The highest BCUT2D eigenvalue weighted by atomic mass is 19.1. The van der Waals surface area contributed by atoms with Gasteiger partial charge in [0.05, 0.1) is 24.4 Å². The van der Waals surface area contributed by atoms with Gasteiger partial charge in [0.1, 0.15) is 17.4 Å². The zero-order valence-electron chi connectivity index (χ0n) is 18.8. The molecule has 7 nitrogen and oxygen atoms in total. The largest absolute Gasteiger partial charge is 0.497 e. The number of methoxy groups -OCH3 is 1. The number of allylic oxidation sites excluding steroid dienone is 1. The lowest BCUT2D eigenvalue weighted by molar-refractivity contribution is 0.244. The number of carbonyl (C=O) groups excluding carboxylic acids is 1. The summed E-state index contributed by atoms with van der Waals surface area (Å²) in [6.45, 7) is 1.67. The van der Waals surface area contributed by atoms with Gasteiger partial charge in [0.2, 0.25) is 5.82 Å². The number of benzene rings is 3. The van der Waals surface area contributed by atoms with Crippen LogP contribution in [0.4, 0.5) is 19.3 Å². The van der Waals surface area contributed by atoms with Crippen LogP contribution in [-0.2, 0) is 0 Å². The van der Waals surface area contributed by atoms with Crippen molar-refractivity contribution in [2.45, 2.75) is 13.0 Å². The molecule has 0 aliphatic carbocycles. The highest BCUT2D eigenvalue weighted by molar-refractivity contribution is 6.01. The molecule has 1 aliphatic rings. The molecule has 5 rings (SSSR count). The molecular weight excluding hydrogens is 454 g/mol. The van der Waals surface area contributed by atoms with Gasteiger partial charge in [-0.2, -0.15) is 4.98 Å². The Morgan fingerprint density at radius 1 is 1.00 bits per heavy atom. The molecule has 4 aromatic rings. The zero-order chi connectivity index (χ0) is 24.5. The first-order valence-corrected chi connectivity index (χ1v) is 10.8. The number of aromatic nitrogens is 2. The number of anilines is 1. The van der Waals surface area contributed by atoms with Crippen LogP contribution in [0.1, 0.15) is 24.4 Å². The summed E-state index contributed by atoms with van der Waals surface area (Å²) < 4.78 is 38.9. The number of urea groups is 1. The van der Waals surface area contributed by atoms with Crippen molar-refractivity contribution in [3.8, 4) is 17.1 Å². The number of carbonyl (C=O) groups is 1. The molecule has 9 heteroatoms. The Labute approximate surface area is 199 Å². The van der Waals surface area contributed by atoms with E-state index in [0.29, 0.717) is 28.4 Å². The van der Waals surface area contributed by atoms with Crippen LogP contribution in [0, 0.1) is 11.6 Å². The fourth-order valence-electron chi connectivity index (χ4n) is 4.11. The van der Waals surface area contributed by atoms with Crippen LogP contribution in [0.2, 0.25) is 0 Å². The Kier molecular flexibility index (Phi) is 5.74. The molecule has 35 heavy (non-hydrogen) atoms. The maximum absolute atomic E-state index is 14.0. The lowest BCUT2D eigenvalue weighted by atomic mass is 9.94. The van der Waals surface area contributed by atoms with Gasteiger partial charge >= 0.3 is 6.03 Å². The SMILES string of the molecule is COc1cccc(-c2noc(C3=C(C)N(c4cc(F)cc(F)c4)C(=O)NC3c3ccccc3)n2)c1. The number of nitrogens with one attached hydrogen (secondary N) is 1. The Hall–Kier alpha value is -4.53. The molecule has 1 N–H and O–H groups in total. The number of amides is 2. The first-order chi connectivity index (χ1) is 16.9. The molecule has 0 radical (unpaired) electrons. The van der Waals surface area contributed by atoms with E-state index >= 15 is 0 Å². The molecule has 2 amide bonds. The zero-order valence-corrected chi connectivity index (χ0v) is 18.8. The van der Waals surface area contributed by atoms with Crippen molar-refractivity contribution in [2.75, 3.05) is 12.0 Å². The van der Waals surface area contributed by atoms with Crippen molar-refractivity contribution in [3.63, 3.8) is 0 Å². The molecule has 0 saturated heterocycles. The molecule has 3 aromatic carbocycles. The molecule has 0 fully saturated rings. The van der Waals surface area contributed by atoms with E-state index in [4.69, 9.17) is 9.26 Å². The summed E-state index contributed by atoms with van der Waals surface area (Å²) in [7, 11) is 1.56. The van der Waals surface area contributed by atoms with Crippen LogP contribution >= 0.6 is 0 Å². The van der Waals surface area contributed by atoms with Crippen LogP contribution in [-0.4, -0.2) is 23.3 Å². The molecule has 0 saturated carbocycles. The first kappa shape index (κ1) is 22.3. The summed E-state index contributed by atoms with van der Waals surface area (Å²) in [4.78, 5) is 18.9. The quantitative estimate of drug-likeness (QED) is 0.400. The third kappa shape index (κ3) is 4.23. The van der Waals surface area contributed by atoms with Crippen molar-refractivity contribution in [2.24, 2.45) is 0 Å². The summed E-state index contributed by atoms with van der Waals surface area (Å²) in [5.74, 6) is -0.478. The smallest absolute Gasteiger partial charge is 0.327 e. The summed E-state index contributed by atoms with van der Waals surface area (Å²) in [6.07, 6.45) is 0. The van der Waals surface area contributed by atoms with Crippen LogP contribution in [0.3, 0.4) is 0 Å². The second-order valence-corrected chi connectivity index (χ2v) is 7.91. The molecule has 1 atom stereocenters. The van der Waals surface area contributed by atoms with Gasteiger partial charge in [-0.3, -0.25) is 4.90 Å². The second-order valence-electron chi connectivity index (χ2n) is 7.91. The number of nitrogens with zero attached hydrogens (tertiary/aromatic N) is 3. The minimum atomic E-state index is -0.801. The van der Waals surface area contributed by atoms with Gasteiger partial charge in [0, 0.05) is 17.3 Å². The normalized spacial score (nSPS) is 15.8. The van der Waals surface area contributed by atoms with E-state index in [9.17, 15) is 13.6 Å². The molecule has 1 unspecified atom stereocenters. The van der Waals surface area contributed by atoms with Gasteiger partial charge in [0.15, 0.2) is 0 Å². The lowest BCUT2D eigenvalue weighted by Crippen LogP contribution is -2.46. The van der Waals surface area contributed by atoms with Crippen LogP contribution in [0.5, 0.6) is 5.75 Å². The first-order valence-electron chi connectivity index (χ1n) is 10.8. The van der Waals surface area contributed by atoms with Crippen molar-refractivity contribution in [1.29, 1.82) is 0 Å². The Morgan fingerprint density at radius 2 is 1.74 bits per heavy atom.